The first kappa shape index (κ1) is 9.78. The lowest BCUT2D eigenvalue weighted by molar-refractivity contribution is -0.384. The van der Waals surface area contributed by atoms with E-state index in [2.05, 4.69) is 9.97 Å². The summed E-state index contributed by atoms with van der Waals surface area (Å²) < 4.78 is 11.1. The minimum Gasteiger partial charge on any atom is -0.331 e. The first-order valence-electron chi connectivity index (χ1n) is 4.05. The van der Waals surface area contributed by atoms with E-state index in [4.69, 9.17) is 0 Å². The number of nitrogens with one attached hydrogen (secondary N) is 1. The number of imidazole rings is 1. The van der Waals surface area contributed by atoms with Gasteiger partial charge in [-0.2, -0.15) is 0 Å². The molecular weight excluding hydrogens is 218 g/mol. The Morgan fingerprint density at radius 1 is 1.53 bits per heavy atom. The zero-order chi connectivity index (χ0) is 11.0. The Bertz CT molecular complexity index is 551. The predicted molar refractivity (Wildman–Crippen MR) is 55.1 cm³/mol. The number of rotatable bonds is 2. The summed E-state index contributed by atoms with van der Waals surface area (Å²) in [5, 5.41) is 10.8. The molecular formula is C8H7N3O3S. The number of benzene rings is 1. The highest BCUT2D eigenvalue weighted by molar-refractivity contribution is 7.84. The molecule has 0 aliphatic carbocycles. The fraction of sp³-hybridized carbons (Fsp3) is 0.125. The highest BCUT2D eigenvalue weighted by Gasteiger charge is 2.10. The van der Waals surface area contributed by atoms with Crippen LogP contribution in [0.2, 0.25) is 0 Å². The summed E-state index contributed by atoms with van der Waals surface area (Å²) >= 11 is 0. The first-order valence-corrected chi connectivity index (χ1v) is 5.61. The van der Waals surface area contributed by atoms with Gasteiger partial charge in [0.2, 0.25) is 0 Å². The van der Waals surface area contributed by atoms with Crippen LogP contribution < -0.4 is 0 Å². The van der Waals surface area contributed by atoms with E-state index in [-0.39, 0.29) is 5.69 Å². The van der Waals surface area contributed by atoms with Crippen LogP contribution in [0.25, 0.3) is 11.0 Å². The van der Waals surface area contributed by atoms with Gasteiger partial charge in [-0.1, -0.05) is 0 Å². The summed E-state index contributed by atoms with van der Waals surface area (Å²) in [5.41, 5.74) is 1.08. The van der Waals surface area contributed by atoms with Crippen molar-refractivity contribution in [3.05, 3.63) is 28.3 Å². The van der Waals surface area contributed by atoms with Gasteiger partial charge in [-0.05, 0) is 6.07 Å². The lowest BCUT2D eigenvalue weighted by Gasteiger charge is -1.89. The van der Waals surface area contributed by atoms with E-state index in [9.17, 15) is 14.3 Å². The number of nitro groups is 1. The molecule has 0 amide bonds. The maximum atomic E-state index is 11.1. The van der Waals surface area contributed by atoms with Gasteiger partial charge in [0.1, 0.15) is 0 Å². The van der Waals surface area contributed by atoms with E-state index >= 15 is 0 Å². The van der Waals surface area contributed by atoms with Crippen LogP contribution >= 0.6 is 0 Å². The Morgan fingerprint density at radius 3 is 2.87 bits per heavy atom. The Balaban J connectivity index is 2.62. The van der Waals surface area contributed by atoms with Gasteiger partial charge in [-0.25, -0.2) is 4.98 Å². The SMILES string of the molecule is CS(=O)c1nc2ccc([N+](=O)[O-])cc2[nH]1. The summed E-state index contributed by atoms with van der Waals surface area (Å²) in [5.74, 6) is 0. The molecule has 1 aromatic heterocycles. The molecule has 0 aliphatic rings. The number of aromatic amines is 1. The molecule has 2 rings (SSSR count). The standard InChI is InChI=1S/C8H7N3O3S/c1-15(14)8-9-6-3-2-5(11(12)13)4-7(6)10-8/h2-4H,1H3,(H,9,10). The van der Waals surface area contributed by atoms with Gasteiger partial charge in [-0.3, -0.25) is 14.3 Å². The van der Waals surface area contributed by atoms with E-state index < -0.39 is 15.7 Å². The van der Waals surface area contributed by atoms with Crippen molar-refractivity contribution in [3.8, 4) is 0 Å². The van der Waals surface area contributed by atoms with E-state index in [0.29, 0.717) is 16.2 Å². The smallest absolute Gasteiger partial charge is 0.271 e. The fourth-order valence-corrected chi connectivity index (χ4v) is 1.70. The minimum absolute atomic E-state index is 0.0143. The van der Waals surface area contributed by atoms with Crippen molar-refractivity contribution in [1.29, 1.82) is 0 Å². The van der Waals surface area contributed by atoms with Crippen molar-refractivity contribution >= 4 is 27.5 Å². The molecule has 6 nitrogen and oxygen atoms in total. The molecule has 0 fully saturated rings. The molecule has 0 saturated carbocycles. The second kappa shape index (κ2) is 3.43. The zero-order valence-corrected chi connectivity index (χ0v) is 8.58. The number of hydrogen-bond donors (Lipinski definition) is 1. The summed E-state index contributed by atoms with van der Waals surface area (Å²) in [6, 6.07) is 4.27. The monoisotopic (exact) mass is 225 g/mol. The van der Waals surface area contributed by atoms with Crippen LogP contribution in [0.3, 0.4) is 0 Å². The van der Waals surface area contributed by atoms with Crippen LogP contribution in [0.4, 0.5) is 5.69 Å². The van der Waals surface area contributed by atoms with Crippen LogP contribution in [0.5, 0.6) is 0 Å². The Labute approximate surface area is 86.9 Å². The van der Waals surface area contributed by atoms with Gasteiger partial charge in [0.05, 0.1) is 26.8 Å². The Morgan fingerprint density at radius 2 is 2.27 bits per heavy atom. The van der Waals surface area contributed by atoms with E-state index in [1.165, 1.54) is 24.5 Å². The molecule has 1 aromatic carbocycles. The van der Waals surface area contributed by atoms with Gasteiger partial charge >= 0.3 is 0 Å². The number of H-pyrrole nitrogens is 1. The first-order chi connectivity index (χ1) is 7.08. The Hall–Kier alpha value is -1.76. The summed E-state index contributed by atoms with van der Waals surface area (Å²) in [7, 11) is -1.22. The second-order valence-corrected chi connectivity index (χ2v) is 4.25. The third kappa shape index (κ3) is 1.73. The highest BCUT2D eigenvalue weighted by atomic mass is 32.2. The van der Waals surface area contributed by atoms with Gasteiger partial charge in [-0.15, -0.1) is 0 Å². The van der Waals surface area contributed by atoms with E-state index in [1.54, 1.807) is 0 Å². The molecule has 1 N–H and O–H groups in total. The molecule has 2 aromatic rings. The van der Waals surface area contributed by atoms with Gasteiger partial charge in [0.25, 0.3) is 5.69 Å². The molecule has 1 heterocycles. The van der Waals surface area contributed by atoms with Crippen LogP contribution in [-0.4, -0.2) is 25.4 Å². The molecule has 1 unspecified atom stereocenters. The molecule has 0 radical (unpaired) electrons. The number of aromatic nitrogens is 2. The van der Waals surface area contributed by atoms with Crippen LogP contribution in [0.15, 0.2) is 23.4 Å². The van der Waals surface area contributed by atoms with Crippen molar-refractivity contribution in [2.24, 2.45) is 0 Å². The normalized spacial score (nSPS) is 12.9. The van der Waals surface area contributed by atoms with Crippen molar-refractivity contribution in [1.82, 2.24) is 9.97 Å². The number of fused-ring (bicyclic) bond motifs is 1. The molecule has 0 saturated heterocycles. The topological polar surface area (TPSA) is 88.9 Å². The second-order valence-electron chi connectivity index (χ2n) is 2.95. The largest absolute Gasteiger partial charge is 0.331 e. The Kier molecular flexibility index (Phi) is 2.24. The number of nitro benzene ring substituents is 1. The molecule has 1 atom stereocenters. The van der Waals surface area contributed by atoms with Crippen LogP contribution in [0.1, 0.15) is 0 Å². The molecule has 78 valence electrons. The summed E-state index contributed by atoms with van der Waals surface area (Å²) in [6.45, 7) is 0. The maximum absolute atomic E-state index is 11.1. The van der Waals surface area contributed by atoms with Crippen molar-refractivity contribution in [2.75, 3.05) is 6.26 Å². The molecule has 0 spiro atoms. The van der Waals surface area contributed by atoms with E-state index in [0.717, 1.165) is 0 Å². The van der Waals surface area contributed by atoms with Crippen LogP contribution in [-0.2, 0) is 10.8 Å². The third-order valence-electron chi connectivity index (χ3n) is 1.93. The van der Waals surface area contributed by atoms with Gasteiger partial charge < -0.3 is 4.98 Å². The maximum Gasteiger partial charge on any atom is 0.271 e. The fourth-order valence-electron chi connectivity index (χ4n) is 1.22. The minimum atomic E-state index is -1.22. The van der Waals surface area contributed by atoms with Crippen molar-refractivity contribution in [3.63, 3.8) is 0 Å². The summed E-state index contributed by atoms with van der Waals surface area (Å²) in [4.78, 5) is 16.8. The van der Waals surface area contributed by atoms with Crippen molar-refractivity contribution in [2.45, 2.75) is 5.16 Å². The highest BCUT2D eigenvalue weighted by Crippen LogP contribution is 2.19. The average molecular weight is 225 g/mol. The van der Waals surface area contributed by atoms with Gasteiger partial charge in [0.15, 0.2) is 5.16 Å². The van der Waals surface area contributed by atoms with Gasteiger partial charge in [0, 0.05) is 18.4 Å². The third-order valence-corrected chi connectivity index (χ3v) is 2.66. The predicted octanol–water partition coefficient (Wildman–Crippen LogP) is 1.21. The zero-order valence-electron chi connectivity index (χ0n) is 7.76. The molecule has 0 aliphatic heterocycles. The van der Waals surface area contributed by atoms with E-state index in [1.807, 2.05) is 0 Å². The molecule has 0 bridgehead atoms. The number of nitrogens with zero attached hydrogens (tertiary/aromatic N) is 2. The quantitative estimate of drug-likeness (QED) is 0.614. The van der Waals surface area contributed by atoms with Crippen LogP contribution in [0, 0.1) is 10.1 Å². The number of non-ortho nitro benzene ring substituents is 1. The molecule has 7 heteroatoms. The molecule has 15 heavy (non-hydrogen) atoms. The average Bonchev–Trinajstić information content (AvgIpc) is 2.59. The summed E-state index contributed by atoms with van der Waals surface area (Å²) in [6.07, 6.45) is 1.49. The lowest BCUT2D eigenvalue weighted by atomic mass is 10.3. The lowest BCUT2D eigenvalue weighted by Crippen LogP contribution is -1.88. The number of hydrogen-bond acceptors (Lipinski definition) is 4. The van der Waals surface area contributed by atoms with Crippen molar-refractivity contribution < 1.29 is 9.13 Å².